The summed E-state index contributed by atoms with van der Waals surface area (Å²) in [6.07, 6.45) is 7.04. The second-order valence-electron chi connectivity index (χ2n) is 7.63. The van der Waals surface area contributed by atoms with Gasteiger partial charge in [-0.05, 0) is 57.1 Å². The van der Waals surface area contributed by atoms with Gasteiger partial charge in [0.1, 0.15) is 0 Å². The zero-order valence-corrected chi connectivity index (χ0v) is 16.3. The van der Waals surface area contributed by atoms with Gasteiger partial charge in [0.05, 0.1) is 11.5 Å². The standard InChI is InChI=1S/C20H29NO4S/c1-16-6-8-19(9-7-16)26(23,24)25-15-12-17-10-13-21(14-11-17)20(22)18-4-2-3-5-18/h6-9,17-18H,2-5,10-15H2,1H3. The van der Waals surface area contributed by atoms with E-state index in [4.69, 9.17) is 4.18 Å². The third kappa shape index (κ3) is 4.86. The Kier molecular flexibility index (Phi) is 6.35. The van der Waals surface area contributed by atoms with E-state index >= 15 is 0 Å². The highest BCUT2D eigenvalue weighted by Crippen LogP contribution is 2.29. The molecule has 1 saturated carbocycles. The van der Waals surface area contributed by atoms with Gasteiger partial charge in [0.2, 0.25) is 5.91 Å². The minimum absolute atomic E-state index is 0.206. The van der Waals surface area contributed by atoms with Crippen molar-refractivity contribution in [1.82, 2.24) is 4.90 Å². The highest BCUT2D eigenvalue weighted by molar-refractivity contribution is 7.86. The van der Waals surface area contributed by atoms with E-state index < -0.39 is 10.1 Å². The number of hydrogen-bond donors (Lipinski definition) is 0. The zero-order valence-electron chi connectivity index (χ0n) is 15.5. The Morgan fingerprint density at radius 1 is 1.08 bits per heavy atom. The molecule has 2 fully saturated rings. The van der Waals surface area contributed by atoms with Crippen LogP contribution in [0.1, 0.15) is 50.5 Å². The van der Waals surface area contributed by atoms with Crippen LogP contribution in [0.3, 0.4) is 0 Å². The molecule has 3 rings (SSSR count). The number of aryl methyl sites for hydroxylation is 1. The van der Waals surface area contributed by atoms with Crippen molar-refractivity contribution >= 4 is 16.0 Å². The summed E-state index contributed by atoms with van der Waals surface area (Å²) in [4.78, 5) is 14.7. The van der Waals surface area contributed by atoms with Crippen molar-refractivity contribution in [2.45, 2.75) is 56.8 Å². The van der Waals surface area contributed by atoms with E-state index in [0.717, 1.165) is 50.8 Å². The smallest absolute Gasteiger partial charge is 0.296 e. The summed E-state index contributed by atoms with van der Waals surface area (Å²) in [5.41, 5.74) is 1.02. The van der Waals surface area contributed by atoms with E-state index in [-0.39, 0.29) is 17.4 Å². The molecule has 0 spiro atoms. The predicted octanol–water partition coefficient (Wildman–Crippen LogP) is 3.52. The Hall–Kier alpha value is -1.40. The first-order chi connectivity index (χ1) is 12.5. The maximum Gasteiger partial charge on any atom is 0.296 e. The molecule has 0 radical (unpaired) electrons. The Labute approximate surface area is 156 Å². The topological polar surface area (TPSA) is 63.7 Å². The van der Waals surface area contributed by atoms with Crippen molar-refractivity contribution in [3.63, 3.8) is 0 Å². The summed E-state index contributed by atoms with van der Waals surface area (Å²) in [5, 5.41) is 0. The fraction of sp³-hybridized carbons (Fsp3) is 0.650. The second kappa shape index (κ2) is 8.53. The van der Waals surface area contributed by atoms with Gasteiger partial charge in [0.25, 0.3) is 10.1 Å². The van der Waals surface area contributed by atoms with Crippen molar-refractivity contribution in [3.05, 3.63) is 29.8 Å². The Balaban J connectivity index is 1.41. The minimum Gasteiger partial charge on any atom is -0.342 e. The molecule has 0 atom stereocenters. The quantitative estimate of drug-likeness (QED) is 0.710. The van der Waals surface area contributed by atoms with Crippen molar-refractivity contribution in [2.75, 3.05) is 19.7 Å². The zero-order chi connectivity index (χ0) is 18.6. The molecule has 5 nitrogen and oxygen atoms in total. The summed E-state index contributed by atoms with van der Waals surface area (Å²) in [7, 11) is -3.68. The monoisotopic (exact) mass is 379 g/mol. The summed E-state index contributed by atoms with van der Waals surface area (Å²) in [5.74, 6) is 1.00. The predicted molar refractivity (Wildman–Crippen MR) is 100 cm³/mol. The number of carbonyl (C=O) groups excluding carboxylic acids is 1. The second-order valence-corrected chi connectivity index (χ2v) is 9.24. The Bertz CT molecular complexity index is 700. The van der Waals surface area contributed by atoms with Crippen molar-refractivity contribution in [3.8, 4) is 0 Å². The third-order valence-corrected chi connectivity index (χ3v) is 7.03. The molecule has 1 heterocycles. The number of hydrogen-bond acceptors (Lipinski definition) is 4. The molecule has 1 aliphatic heterocycles. The normalized spacial score (nSPS) is 19.8. The third-order valence-electron chi connectivity index (χ3n) is 5.70. The number of rotatable bonds is 6. The lowest BCUT2D eigenvalue weighted by atomic mass is 9.93. The van der Waals surface area contributed by atoms with Gasteiger partial charge in [-0.15, -0.1) is 0 Å². The van der Waals surface area contributed by atoms with Crippen LogP contribution >= 0.6 is 0 Å². The number of piperidine rings is 1. The highest BCUT2D eigenvalue weighted by atomic mass is 32.2. The fourth-order valence-corrected chi connectivity index (χ4v) is 4.89. The van der Waals surface area contributed by atoms with Crippen LogP contribution < -0.4 is 0 Å². The molecular formula is C20H29NO4S. The molecule has 1 saturated heterocycles. The van der Waals surface area contributed by atoms with Gasteiger partial charge in [-0.25, -0.2) is 0 Å². The minimum atomic E-state index is -3.68. The van der Waals surface area contributed by atoms with Gasteiger partial charge in [-0.2, -0.15) is 8.42 Å². The van der Waals surface area contributed by atoms with Crippen molar-refractivity contribution in [2.24, 2.45) is 11.8 Å². The van der Waals surface area contributed by atoms with Gasteiger partial charge in [0, 0.05) is 19.0 Å². The number of amides is 1. The largest absolute Gasteiger partial charge is 0.342 e. The number of carbonyl (C=O) groups is 1. The van der Waals surface area contributed by atoms with E-state index in [1.54, 1.807) is 24.3 Å². The van der Waals surface area contributed by atoms with Crippen LogP contribution in [0.4, 0.5) is 0 Å². The average molecular weight is 380 g/mol. The van der Waals surface area contributed by atoms with Crippen molar-refractivity contribution in [1.29, 1.82) is 0 Å². The van der Waals surface area contributed by atoms with Gasteiger partial charge in [-0.1, -0.05) is 30.5 Å². The van der Waals surface area contributed by atoms with E-state index in [9.17, 15) is 13.2 Å². The van der Waals surface area contributed by atoms with E-state index in [0.29, 0.717) is 11.8 Å². The maximum absolute atomic E-state index is 12.5. The van der Waals surface area contributed by atoms with E-state index in [2.05, 4.69) is 0 Å². The van der Waals surface area contributed by atoms with Gasteiger partial charge in [0.15, 0.2) is 0 Å². The lowest BCUT2D eigenvalue weighted by Crippen LogP contribution is -2.41. The number of benzene rings is 1. The molecule has 1 aliphatic carbocycles. The van der Waals surface area contributed by atoms with Crippen LogP contribution in [-0.4, -0.2) is 38.9 Å². The van der Waals surface area contributed by atoms with Crippen LogP contribution in [0, 0.1) is 18.8 Å². The Morgan fingerprint density at radius 2 is 1.69 bits per heavy atom. The first-order valence-corrected chi connectivity index (χ1v) is 11.1. The van der Waals surface area contributed by atoms with Crippen molar-refractivity contribution < 1.29 is 17.4 Å². The fourth-order valence-electron chi connectivity index (χ4n) is 3.97. The molecule has 0 aromatic heterocycles. The van der Waals surface area contributed by atoms with Crippen LogP contribution in [-0.2, 0) is 19.1 Å². The molecule has 1 amide bonds. The molecule has 0 N–H and O–H groups in total. The SMILES string of the molecule is Cc1ccc(S(=O)(=O)OCCC2CCN(C(=O)C3CCCC3)CC2)cc1. The summed E-state index contributed by atoms with van der Waals surface area (Å²) in [6.45, 7) is 3.72. The van der Waals surface area contributed by atoms with Crippen LogP contribution in [0.25, 0.3) is 0 Å². The number of likely N-dealkylation sites (tertiary alicyclic amines) is 1. The molecule has 26 heavy (non-hydrogen) atoms. The molecule has 0 unspecified atom stereocenters. The van der Waals surface area contributed by atoms with Crippen LogP contribution in [0.15, 0.2) is 29.2 Å². The molecular weight excluding hydrogens is 350 g/mol. The lowest BCUT2D eigenvalue weighted by Gasteiger charge is -2.33. The molecule has 1 aromatic rings. The lowest BCUT2D eigenvalue weighted by molar-refractivity contribution is -0.136. The summed E-state index contributed by atoms with van der Waals surface area (Å²) < 4.78 is 29.6. The maximum atomic E-state index is 12.5. The summed E-state index contributed by atoms with van der Waals surface area (Å²) in [6, 6.07) is 6.70. The van der Waals surface area contributed by atoms with Gasteiger partial charge in [-0.3, -0.25) is 8.98 Å². The first kappa shape index (κ1) is 19.4. The van der Waals surface area contributed by atoms with Gasteiger partial charge < -0.3 is 4.90 Å². The Morgan fingerprint density at radius 3 is 2.31 bits per heavy atom. The van der Waals surface area contributed by atoms with Gasteiger partial charge >= 0.3 is 0 Å². The van der Waals surface area contributed by atoms with E-state index in [1.165, 1.54) is 12.8 Å². The number of nitrogens with zero attached hydrogens (tertiary/aromatic N) is 1. The molecule has 144 valence electrons. The molecule has 0 bridgehead atoms. The highest BCUT2D eigenvalue weighted by Gasteiger charge is 2.30. The average Bonchev–Trinajstić information content (AvgIpc) is 3.17. The van der Waals surface area contributed by atoms with Crippen LogP contribution in [0.2, 0.25) is 0 Å². The molecule has 6 heteroatoms. The summed E-state index contributed by atoms with van der Waals surface area (Å²) >= 11 is 0. The van der Waals surface area contributed by atoms with Crippen LogP contribution in [0.5, 0.6) is 0 Å². The first-order valence-electron chi connectivity index (χ1n) is 9.70. The van der Waals surface area contributed by atoms with E-state index in [1.807, 2.05) is 11.8 Å². The molecule has 2 aliphatic rings. The molecule has 1 aromatic carbocycles.